The van der Waals surface area contributed by atoms with Crippen molar-refractivity contribution in [3.8, 4) is 23.0 Å². The van der Waals surface area contributed by atoms with Gasteiger partial charge in [-0.05, 0) is 42.8 Å². The minimum absolute atomic E-state index is 0.108. The van der Waals surface area contributed by atoms with Gasteiger partial charge < -0.3 is 19.3 Å². The van der Waals surface area contributed by atoms with Crippen molar-refractivity contribution >= 4 is 23.7 Å². The molecular weight excluding hydrogens is 360 g/mol. The number of nitrogens with one attached hydrogen (secondary N) is 1. The van der Waals surface area contributed by atoms with Gasteiger partial charge in [-0.15, -0.1) is 0 Å². The topological polar surface area (TPSA) is 89.4 Å². The number of halogens is 1. The molecular formula is C18H19ClN2O5. The van der Waals surface area contributed by atoms with Crippen LogP contribution in [0.25, 0.3) is 0 Å². The van der Waals surface area contributed by atoms with Gasteiger partial charge in [0.05, 0.1) is 20.4 Å². The van der Waals surface area contributed by atoms with Crippen LogP contribution < -0.4 is 19.6 Å². The zero-order chi connectivity index (χ0) is 19.1. The second-order valence-corrected chi connectivity index (χ2v) is 5.67. The Hall–Kier alpha value is -2.93. The summed E-state index contributed by atoms with van der Waals surface area (Å²) in [6.07, 6.45) is 1.40. The van der Waals surface area contributed by atoms with E-state index in [1.54, 1.807) is 30.3 Å². The van der Waals surface area contributed by atoms with E-state index in [-0.39, 0.29) is 23.9 Å². The summed E-state index contributed by atoms with van der Waals surface area (Å²) in [5.41, 5.74) is 3.79. The second-order valence-electron chi connectivity index (χ2n) is 5.27. The lowest BCUT2D eigenvalue weighted by Gasteiger charge is -2.09. The van der Waals surface area contributed by atoms with Crippen LogP contribution in [-0.2, 0) is 4.79 Å². The lowest BCUT2D eigenvalue weighted by Crippen LogP contribution is -2.24. The van der Waals surface area contributed by atoms with Gasteiger partial charge in [0.2, 0.25) is 5.75 Å². The Morgan fingerprint density at radius 1 is 1.23 bits per heavy atom. The molecule has 0 atom stereocenters. The Morgan fingerprint density at radius 2 is 1.88 bits per heavy atom. The number of phenolic OH excluding ortho intramolecular Hbond substituents is 1. The molecule has 0 saturated carbocycles. The van der Waals surface area contributed by atoms with E-state index >= 15 is 0 Å². The van der Waals surface area contributed by atoms with Crippen LogP contribution in [0.3, 0.4) is 0 Å². The molecule has 2 aromatic rings. The predicted molar refractivity (Wildman–Crippen MR) is 98.6 cm³/mol. The van der Waals surface area contributed by atoms with Crippen molar-refractivity contribution in [2.24, 2.45) is 5.10 Å². The van der Waals surface area contributed by atoms with Crippen LogP contribution in [0.5, 0.6) is 23.0 Å². The summed E-state index contributed by atoms with van der Waals surface area (Å²) in [5, 5.41) is 14.3. The first-order valence-corrected chi connectivity index (χ1v) is 7.98. The van der Waals surface area contributed by atoms with Gasteiger partial charge in [0.1, 0.15) is 5.75 Å². The second kappa shape index (κ2) is 8.96. The Balaban J connectivity index is 1.93. The van der Waals surface area contributed by atoms with E-state index in [4.69, 9.17) is 25.8 Å². The molecule has 0 radical (unpaired) electrons. The lowest BCUT2D eigenvalue weighted by molar-refractivity contribution is -0.123. The average molecular weight is 379 g/mol. The Morgan fingerprint density at radius 3 is 2.46 bits per heavy atom. The van der Waals surface area contributed by atoms with Gasteiger partial charge in [0.25, 0.3) is 5.91 Å². The smallest absolute Gasteiger partial charge is 0.277 e. The molecule has 1 amide bonds. The number of aromatic hydroxyl groups is 1. The molecule has 0 saturated heterocycles. The van der Waals surface area contributed by atoms with Gasteiger partial charge in [-0.1, -0.05) is 11.6 Å². The first-order chi connectivity index (χ1) is 12.4. The van der Waals surface area contributed by atoms with Crippen molar-refractivity contribution in [1.29, 1.82) is 0 Å². The maximum Gasteiger partial charge on any atom is 0.277 e. The SMILES string of the molecule is COc1cc(C=NNC(=O)COc2ccc(Cl)c(C)c2)cc(OC)c1O. The van der Waals surface area contributed by atoms with Crippen molar-refractivity contribution in [3.05, 3.63) is 46.5 Å². The van der Waals surface area contributed by atoms with Crippen molar-refractivity contribution in [1.82, 2.24) is 5.43 Å². The Kier molecular flexibility index (Phi) is 6.68. The molecule has 2 N–H and O–H groups in total. The number of hydrazone groups is 1. The maximum absolute atomic E-state index is 11.8. The molecule has 0 aromatic heterocycles. The van der Waals surface area contributed by atoms with Crippen molar-refractivity contribution in [3.63, 3.8) is 0 Å². The van der Waals surface area contributed by atoms with Crippen LogP contribution in [0.1, 0.15) is 11.1 Å². The van der Waals surface area contributed by atoms with Crippen LogP contribution in [0.4, 0.5) is 0 Å². The number of phenols is 1. The quantitative estimate of drug-likeness (QED) is 0.571. The predicted octanol–water partition coefficient (Wildman–Crippen LogP) is 2.90. The van der Waals surface area contributed by atoms with E-state index in [1.807, 2.05) is 6.92 Å². The molecule has 0 aliphatic rings. The molecule has 8 heteroatoms. The molecule has 0 heterocycles. The first kappa shape index (κ1) is 19.4. The number of hydrogen-bond donors (Lipinski definition) is 2. The summed E-state index contributed by atoms with van der Waals surface area (Å²) < 4.78 is 15.5. The molecule has 0 unspecified atom stereocenters. The van der Waals surface area contributed by atoms with Crippen LogP contribution in [0.2, 0.25) is 5.02 Å². The first-order valence-electron chi connectivity index (χ1n) is 7.60. The fraction of sp³-hybridized carbons (Fsp3) is 0.222. The molecule has 0 aliphatic carbocycles. The molecule has 26 heavy (non-hydrogen) atoms. The molecule has 0 aliphatic heterocycles. The molecule has 2 aromatic carbocycles. The summed E-state index contributed by atoms with van der Waals surface area (Å²) in [6.45, 7) is 1.65. The Labute approximate surface area is 156 Å². The fourth-order valence-electron chi connectivity index (χ4n) is 2.06. The van der Waals surface area contributed by atoms with Gasteiger partial charge in [0, 0.05) is 10.6 Å². The number of ether oxygens (including phenoxy) is 3. The van der Waals surface area contributed by atoms with E-state index in [2.05, 4.69) is 10.5 Å². The normalized spacial score (nSPS) is 10.6. The summed E-state index contributed by atoms with van der Waals surface area (Å²) in [4.78, 5) is 11.8. The third-order valence-corrected chi connectivity index (χ3v) is 3.83. The molecule has 0 bridgehead atoms. The number of benzene rings is 2. The van der Waals surface area contributed by atoms with Crippen LogP contribution in [0.15, 0.2) is 35.4 Å². The van der Waals surface area contributed by atoms with Crippen molar-refractivity contribution < 1.29 is 24.1 Å². The zero-order valence-electron chi connectivity index (χ0n) is 14.6. The highest BCUT2D eigenvalue weighted by Crippen LogP contribution is 2.36. The number of hydrogen-bond acceptors (Lipinski definition) is 6. The minimum atomic E-state index is -0.424. The van der Waals surface area contributed by atoms with E-state index in [0.717, 1.165) is 5.56 Å². The van der Waals surface area contributed by atoms with Crippen LogP contribution in [0, 0.1) is 6.92 Å². The number of carbonyl (C=O) groups excluding carboxylic acids is 1. The average Bonchev–Trinajstić information content (AvgIpc) is 2.63. The number of aryl methyl sites for hydroxylation is 1. The number of rotatable bonds is 7. The molecule has 0 fully saturated rings. The summed E-state index contributed by atoms with van der Waals surface area (Å²) >= 11 is 5.94. The van der Waals surface area contributed by atoms with E-state index < -0.39 is 5.91 Å². The largest absolute Gasteiger partial charge is 0.502 e. The number of methoxy groups -OCH3 is 2. The van der Waals surface area contributed by atoms with Gasteiger partial charge in [-0.3, -0.25) is 4.79 Å². The number of amides is 1. The van der Waals surface area contributed by atoms with E-state index in [1.165, 1.54) is 20.4 Å². The fourth-order valence-corrected chi connectivity index (χ4v) is 2.17. The minimum Gasteiger partial charge on any atom is -0.502 e. The van der Waals surface area contributed by atoms with Crippen LogP contribution in [-0.4, -0.2) is 38.1 Å². The maximum atomic E-state index is 11.8. The summed E-state index contributed by atoms with van der Waals surface area (Å²) in [7, 11) is 2.85. The summed E-state index contributed by atoms with van der Waals surface area (Å²) in [5.74, 6) is 0.477. The molecule has 138 valence electrons. The Bertz CT molecular complexity index is 798. The highest BCUT2D eigenvalue weighted by molar-refractivity contribution is 6.31. The third kappa shape index (κ3) is 5.03. The molecule has 7 nitrogen and oxygen atoms in total. The standard InChI is InChI=1S/C18H19ClN2O5/c1-11-6-13(4-5-14(11)19)26-10-17(22)21-20-9-12-7-15(24-2)18(23)16(8-12)25-3/h4-9,23H,10H2,1-3H3,(H,21,22). The van der Waals surface area contributed by atoms with Crippen molar-refractivity contribution in [2.75, 3.05) is 20.8 Å². The zero-order valence-corrected chi connectivity index (χ0v) is 15.3. The van der Waals surface area contributed by atoms with Gasteiger partial charge in [0.15, 0.2) is 18.1 Å². The summed E-state index contributed by atoms with van der Waals surface area (Å²) in [6, 6.07) is 8.24. The highest BCUT2D eigenvalue weighted by Gasteiger charge is 2.10. The van der Waals surface area contributed by atoms with Crippen LogP contribution >= 0.6 is 11.6 Å². The van der Waals surface area contributed by atoms with E-state index in [9.17, 15) is 9.90 Å². The van der Waals surface area contributed by atoms with Gasteiger partial charge in [-0.2, -0.15) is 5.10 Å². The third-order valence-electron chi connectivity index (χ3n) is 3.40. The molecule has 2 rings (SSSR count). The van der Waals surface area contributed by atoms with Gasteiger partial charge >= 0.3 is 0 Å². The van der Waals surface area contributed by atoms with Gasteiger partial charge in [-0.25, -0.2) is 5.43 Å². The van der Waals surface area contributed by atoms with E-state index in [0.29, 0.717) is 16.3 Å². The highest BCUT2D eigenvalue weighted by atomic mass is 35.5. The van der Waals surface area contributed by atoms with Crippen molar-refractivity contribution in [2.45, 2.75) is 6.92 Å². The lowest BCUT2D eigenvalue weighted by atomic mass is 10.2. The monoisotopic (exact) mass is 378 g/mol. The number of nitrogens with zero attached hydrogens (tertiary/aromatic N) is 1. The number of carbonyl (C=O) groups is 1. The molecule has 0 spiro atoms.